The summed E-state index contributed by atoms with van der Waals surface area (Å²) in [5, 5.41) is 14.8. The lowest BCUT2D eigenvalue weighted by Gasteiger charge is -2.36. The zero-order valence-electron chi connectivity index (χ0n) is 27.8. The molecule has 2 saturated heterocycles. The summed E-state index contributed by atoms with van der Waals surface area (Å²) in [7, 11) is 2.16. The van der Waals surface area contributed by atoms with E-state index in [1.165, 1.54) is 24.2 Å². The van der Waals surface area contributed by atoms with Crippen molar-refractivity contribution < 1.29 is 18.8 Å². The van der Waals surface area contributed by atoms with Crippen LogP contribution in [0.15, 0.2) is 10.6 Å². The second-order valence-corrected chi connectivity index (χ2v) is 15.9. The predicted octanol–water partition coefficient (Wildman–Crippen LogP) is 4.60. The standard InChI is InChI=1S/C33H43N9O4S/c1-31(2,3)45-30(43)42-13-11-41(12-14-42)24-15-22(36-29(37-24)44-18-20-16-33(9-10-33)19-40(20)5)27-38-28(46-39-27)32(4)8-6-7-23-25(32)21(17-34)26(35)47-23/h15,20H,6-14,16,18-19,35H2,1-5H3/t20-,32-/m0/s1. The van der Waals surface area contributed by atoms with Gasteiger partial charge in [-0.05, 0) is 78.7 Å². The van der Waals surface area contributed by atoms with Crippen molar-refractivity contribution >= 4 is 28.2 Å². The molecule has 14 heteroatoms. The van der Waals surface area contributed by atoms with Gasteiger partial charge in [-0.3, -0.25) is 4.90 Å². The fraction of sp³-hybridized carbons (Fsp3) is 0.636. The minimum Gasteiger partial charge on any atom is -0.462 e. The first-order valence-corrected chi connectivity index (χ1v) is 17.3. The van der Waals surface area contributed by atoms with Crippen molar-refractivity contribution in [3.05, 3.63) is 28.0 Å². The Morgan fingerprint density at radius 1 is 1.19 bits per heavy atom. The first-order chi connectivity index (χ1) is 22.4. The topological polar surface area (TPSA) is 160 Å². The Morgan fingerprint density at radius 3 is 2.64 bits per heavy atom. The van der Waals surface area contributed by atoms with Crippen molar-refractivity contribution in [2.45, 2.75) is 83.3 Å². The maximum atomic E-state index is 12.7. The van der Waals surface area contributed by atoms with Gasteiger partial charge in [-0.25, -0.2) is 4.79 Å². The molecule has 3 aromatic heterocycles. The molecule has 5 heterocycles. The van der Waals surface area contributed by atoms with Crippen LogP contribution < -0.4 is 15.4 Å². The van der Waals surface area contributed by atoms with Gasteiger partial charge < -0.3 is 29.5 Å². The number of aryl methyl sites for hydroxylation is 1. The number of likely N-dealkylation sites (N-methyl/N-ethyl adjacent to an activating group) is 1. The number of aromatic nitrogens is 4. The van der Waals surface area contributed by atoms with Crippen LogP contribution in [0.3, 0.4) is 0 Å². The third kappa shape index (κ3) is 6.11. The van der Waals surface area contributed by atoms with E-state index in [1.54, 1.807) is 4.90 Å². The second kappa shape index (κ2) is 11.6. The number of nitrogens with zero attached hydrogens (tertiary/aromatic N) is 8. The molecule has 0 aromatic carbocycles. The number of anilines is 2. The maximum Gasteiger partial charge on any atom is 0.410 e. The zero-order chi connectivity index (χ0) is 33.1. The summed E-state index contributed by atoms with van der Waals surface area (Å²) in [4.78, 5) is 34.5. The van der Waals surface area contributed by atoms with Crippen LogP contribution in [-0.2, 0) is 16.6 Å². The Morgan fingerprint density at radius 2 is 1.96 bits per heavy atom. The Bertz CT molecular complexity index is 1710. The van der Waals surface area contributed by atoms with E-state index in [2.05, 4.69) is 28.1 Å². The number of thiophene rings is 1. The lowest BCUT2D eigenvalue weighted by atomic mass is 9.72. The molecule has 250 valence electrons. The molecule has 47 heavy (non-hydrogen) atoms. The fourth-order valence-corrected chi connectivity index (χ4v) is 8.52. The molecule has 0 bridgehead atoms. The van der Waals surface area contributed by atoms with Crippen molar-refractivity contribution in [1.82, 2.24) is 29.9 Å². The molecule has 0 radical (unpaired) electrons. The first-order valence-electron chi connectivity index (χ1n) is 16.5. The van der Waals surface area contributed by atoms with Crippen molar-refractivity contribution in [3.63, 3.8) is 0 Å². The summed E-state index contributed by atoms with van der Waals surface area (Å²) in [5.41, 5.74) is 7.39. The molecular weight excluding hydrogens is 618 g/mol. The van der Waals surface area contributed by atoms with E-state index in [-0.39, 0.29) is 12.1 Å². The Labute approximate surface area is 279 Å². The number of rotatable bonds is 6. The van der Waals surface area contributed by atoms with Crippen LogP contribution in [0.25, 0.3) is 11.5 Å². The highest BCUT2D eigenvalue weighted by atomic mass is 32.1. The molecule has 3 fully saturated rings. The SMILES string of the molecule is CN1CC2(CC2)C[C@H]1COc1nc(-c2noc([C@@]3(C)CCCc4sc(N)c(C#N)c43)n2)cc(N2CCN(C(=O)OC(C)(C)C)CC2)n1. The van der Waals surface area contributed by atoms with E-state index in [4.69, 9.17) is 34.7 Å². The molecule has 13 nitrogen and oxygen atoms in total. The normalized spacial score (nSPS) is 23.9. The van der Waals surface area contributed by atoms with Crippen LogP contribution in [0.5, 0.6) is 6.01 Å². The summed E-state index contributed by atoms with van der Waals surface area (Å²) in [6.45, 7) is 11.4. The Kier molecular flexibility index (Phi) is 7.82. The van der Waals surface area contributed by atoms with E-state index < -0.39 is 11.0 Å². The molecule has 4 aliphatic rings. The highest BCUT2D eigenvalue weighted by molar-refractivity contribution is 7.16. The van der Waals surface area contributed by atoms with Gasteiger partial charge in [0.1, 0.15) is 34.8 Å². The van der Waals surface area contributed by atoms with Crippen LogP contribution in [0.2, 0.25) is 0 Å². The van der Waals surface area contributed by atoms with Gasteiger partial charge in [-0.15, -0.1) is 11.3 Å². The molecule has 2 atom stereocenters. The number of nitriles is 1. The van der Waals surface area contributed by atoms with Crippen LogP contribution in [0, 0.1) is 16.7 Å². The van der Waals surface area contributed by atoms with Crippen LogP contribution >= 0.6 is 11.3 Å². The number of carbonyl (C=O) groups excluding carboxylic acids is 1. The van der Waals surface area contributed by atoms with E-state index >= 15 is 0 Å². The molecule has 3 aromatic rings. The number of hydrogen-bond acceptors (Lipinski definition) is 13. The van der Waals surface area contributed by atoms with Crippen molar-refractivity contribution in [2.24, 2.45) is 5.41 Å². The molecule has 2 aliphatic heterocycles. The fourth-order valence-electron chi connectivity index (χ4n) is 7.33. The van der Waals surface area contributed by atoms with Gasteiger partial charge in [-0.1, -0.05) is 5.16 Å². The molecule has 1 saturated carbocycles. The minimum absolute atomic E-state index is 0.257. The number of piperazine rings is 1. The van der Waals surface area contributed by atoms with Gasteiger partial charge in [0.2, 0.25) is 11.7 Å². The lowest BCUT2D eigenvalue weighted by Crippen LogP contribution is -2.50. The Balaban J connectivity index is 1.16. The van der Waals surface area contributed by atoms with Gasteiger partial charge in [0.25, 0.3) is 0 Å². The molecular formula is C33H43N9O4S. The van der Waals surface area contributed by atoms with Gasteiger partial charge >= 0.3 is 12.1 Å². The van der Waals surface area contributed by atoms with E-state index in [1.807, 2.05) is 33.8 Å². The average molecular weight is 662 g/mol. The highest BCUT2D eigenvalue weighted by Crippen LogP contribution is 2.54. The molecule has 2 aliphatic carbocycles. The summed E-state index contributed by atoms with van der Waals surface area (Å²) in [6.07, 6.45) is 5.93. The zero-order valence-corrected chi connectivity index (χ0v) is 28.7. The van der Waals surface area contributed by atoms with Crippen molar-refractivity contribution in [1.29, 1.82) is 5.26 Å². The Hall–Kier alpha value is -3.96. The number of ether oxygens (including phenoxy) is 2. The monoisotopic (exact) mass is 661 g/mol. The number of fused-ring (bicyclic) bond motifs is 1. The maximum absolute atomic E-state index is 12.7. The third-order valence-corrected chi connectivity index (χ3v) is 11.1. The van der Waals surface area contributed by atoms with Gasteiger partial charge in [-0.2, -0.15) is 20.2 Å². The van der Waals surface area contributed by atoms with Crippen molar-refractivity contribution in [3.8, 4) is 23.6 Å². The molecule has 2 N–H and O–H groups in total. The van der Waals surface area contributed by atoms with Crippen LogP contribution in [0.4, 0.5) is 15.6 Å². The summed E-state index contributed by atoms with van der Waals surface area (Å²) < 4.78 is 17.8. The second-order valence-electron chi connectivity index (χ2n) is 14.8. The van der Waals surface area contributed by atoms with E-state index in [0.717, 1.165) is 42.7 Å². The smallest absolute Gasteiger partial charge is 0.410 e. The number of likely N-dealkylation sites (tertiary alicyclic amines) is 1. The molecule has 1 spiro atoms. The van der Waals surface area contributed by atoms with Gasteiger partial charge in [0, 0.05) is 55.3 Å². The van der Waals surface area contributed by atoms with Crippen LogP contribution in [-0.4, -0.2) is 94.0 Å². The highest BCUT2D eigenvalue weighted by Gasteiger charge is 2.51. The van der Waals surface area contributed by atoms with Crippen LogP contribution in [0.1, 0.15) is 81.7 Å². The first kappa shape index (κ1) is 31.6. The number of nitrogens with two attached hydrogens (primary N) is 1. The molecule has 7 rings (SSSR count). The minimum atomic E-state index is -0.642. The molecule has 0 unspecified atom stereocenters. The summed E-state index contributed by atoms with van der Waals surface area (Å²) in [6, 6.07) is 4.71. The van der Waals surface area contributed by atoms with Gasteiger partial charge in [0.05, 0.1) is 11.0 Å². The van der Waals surface area contributed by atoms with Gasteiger partial charge in [0.15, 0.2) is 0 Å². The number of amides is 1. The van der Waals surface area contributed by atoms with Crippen molar-refractivity contribution in [2.75, 3.05) is 57.0 Å². The average Bonchev–Trinajstić information content (AvgIpc) is 3.33. The number of hydrogen-bond donors (Lipinski definition) is 1. The summed E-state index contributed by atoms with van der Waals surface area (Å²) in [5.74, 6) is 1.42. The summed E-state index contributed by atoms with van der Waals surface area (Å²) >= 11 is 1.47. The number of nitrogen functional groups attached to an aromatic ring is 1. The quantitative estimate of drug-likeness (QED) is 0.392. The predicted molar refractivity (Wildman–Crippen MR) is 176 cm³/mol. The lowest BCUT2D eigenvalue weighted by molar-refractivity contribution is 0.0240. The number of carbonyl (C=O) groups is 1. The molecule has 1 amide bonds. The van der Waals surface area contributed by atoms with E-state index in [0.29, 0.717) is 78.0 Å². The third-order valence-electron chi connectivity index (χ3n) is 10.1. The van der Waals surface area contributed by atoms with E-state index in [9.17, 15) is 10.1 Å². The largest absolute Gasteiger partial charge is 0.462 e.